The predicted octanol–water partition coefficient (Wildman–Crippen LogP) is 3.82. The monoisotopic (exact) mass is 323 g/mol. The number of amides is 1. The molecule has 0 spiro atoms. The Labute approximate surface area is 138 Å². The maximum Gasteiger partial charge on any atom is 0.222 e. The second-order valence-corrected chi connectivity index (χ2v) is 7.32. The number of rotatable bonds is 4. The summed E-state index contributed by atoms with van der Waals surface area (Å²) in [5.74, 6) is 0.237. The van der Waals surface area contributed by atoms with Gasteiger partial charge in [-0.25, -0.2) is 0 Å². The van der Waals surface area contributed by atoms with Crippen LogP contribution >= 0.6 is 11.6 Å². The molecule has 0 radical (unpaired) electrons. The van der Waals surface area contributed by atoms with Crippen molar-refractivity contribution in [2.24, 2.45) is 0 Å². The number of ether oxygens (including phenoxy) is 1. The van der Waals surface area contributed by atoms with E-state index in [2.05, 4.69) is 32.9 Å². The van der Waals surface area contributed by atoms with Gasteiger partial charge in [-0.15, -0.1) is 0 Å². The Morgan fingerprint density at radius 3 is 2.55 bits per heavy atom. The van der Waals surface area contributed by atoms with Gasteiger partial charge in [0, 0.05) is 24.5 Å². The van der Waals surface area contributed by atoms with E-state index in [0.29, 0.717) is 19.6 Å². The topological polar surface area (TPSA) is 29.5 Å². The van der Waals surface area contributed by atoms with Gasteiger partial charge in [-0.1, -0.05) is 44.5 Å². The van der Waals surface area contributed by atoms with Crippen LogP contribution in [0.1, 0.15) is 44.7 Å². The average Bonchev–Trinajstić information content (AvgIpc) is 2.47. The average molecular weight is 324 g/mol. The minimum Gasteiger partial charge on any atom is -0.378 e. The molecule has 122 valence electrons. The smallest absolute Gasteiger partial charge is 0.222 e. The van der Waals surface area contributed by atoms with E-state index in [9.17, 15) is 4.79 Å². The molecule has 2 rings (SSSR count). The molecule has 1 amide bonds. The molecular weight excluding hydrogens is 298 g/mol. The van der Waals surface area contributed by atoms with E-state index in [1.54, 1.807) is 0 Å². The van der Waals surface area contributed by atoms with Crippen molar-refractivity contribution >= 4 is 17.5 Å². The Morgan fingerprint density at radius 1 is 1.27 bits per heavy atom. The number of carbonyl (C=O) groups excluding carboxylic acids is 1. The van der Waals surface area contributed by atoms with Crippen LogP contribution in [0.25, 0.3) is 0 Å². The van der Waals surface area contributed by atoms with Crippen LogP contribution in [0.15, 0.2) is 18.2 Å². The van der Waals surface area contributed by atoms with E-state index >= 15 is 0 Å². The van der Waals surface area contributed by atoms with Gasteiger partial charge >= 0.3 is 0 Å². The number of halogens is 1. The molecule has 0 unspecified atom stereocenters. The second-order valence-electron chi connectivity index (χ2n) is 6.91. The van der Waals surface area contributed by atoms with Gasteiger partial charge in [0.2, 0.25) is 5.91 Å². The number of hydrogen-bond donors (Lipinski definition) is 0. The Bertz CT molecular complexity index is 516. The van der Waals surface area contributed by atoms with Crippen molar-refractivity contribution < 1.29 is 9.53 Å². The molecule has 0 N–H and O–H groups in total. The van der Waals surface area contributed by atoms with Crippen LogP contribution in [0.5, 0.6) is 0 Å². The molecular formula is C18H26ClNO2. The van der Waals surface area contributed by atoms with Crippen molar-refractivity contribution in [1.29, 1.82) is 0 Å². The van der Waals surface area contributed by atoms with Crippen LogP contribution in [0.3, 0.4) is 0 Å². The quantitative estimate of drug-likeness (QED) is 0.843. The minimum absolute atomic E-state index is 0.0575. The summed E-state index contributed by atoms with van der Waals surface area (Å²) in [5, 5.41) is 0.824. The summed E-state index contributed by atoms with van der Waals surface area (Å²) in [4.78, 5) is 14.0. The molecule has 1 aromatic rings. The highest BCUT2D eigenvalue weighted by Gasteiger charge is 2.18. The van der Waals surface area contributed by atoms with Gasteiger partial charge in [-0.2, -0.15) is 0 Å². The van der Waals surface area contributed by atoms with Gasteiger partial charge in [-0.05, 0) is 35.4 Å². The van der Waals surface area contributed by atoms with Gasteiger partial charge in [0.15, 0.2) is 0 Å². The van der Waals surface area contributed by atoms with E-state index in [0.717, 1.165) is 31.0 Å². The molecule has 1 heterocycles. The van der Waals surface area contributed by atoms with Crippen LogP contribution in [0, 0.1) is 0 Å². The standard InChI is InChI=1S/C18H26ClNO2/c1-18(2,3)15-8-7-14(13-16(15)19)5-4-6-17(21)20-9-11-22-12-10-20/h7-8,13H,4-6,9-12H2,1-3H3. The lowest BCUT2D eigenvalue weighted by atomic mass is 9.86. The van der Waals surface area contributed by atoms with E-state index in [1.165, 1.54) is 11.1 Å². The number of morpholine rings is 1. The summed E-state index contributed by atoms with van der Waals surface area (Å²) in [6.45, 7) is 9.26. The van der Waals surface area contributed by atoms with Crippen molar-refractivity contribution in [2.45, 2.75) is 45.4 Å². The van der Waals surface area contributed by atoms with Gasteiger partial charge in [0.1, 0.15) is 0 Å². The van der Waals surface area contributed by atoms with E-state index in [1.807, 2.05) is 11.0 Å². The third-order valence-electron chi connectivity index (χ3n) is 4.06. The molecule has 1 aromatic carbocycles. The molecule has 0 bridgehead atoms. The Balaban J connectivity index is 1.84. The fraction of sp³-hybridized carbons (Fsp3) is 0.611. The first-order valence-electron chi connectivity index (χ1n) is 8.02. The molecule has 1 aliphatic heterocycles. The minimum atomic E-state index is 0.0575. The SMILES string of the molecule is CC(C)(C)c1ccc(CCCC(=O)N2CCOCC2)cc1Cl. The molecule has 0 atom stereocenters. The lowest BCUT2D eigenvalue weighted by Gasteiger charge is -2.26. The molecule has 3 nitrogen and oxygen atoms in total. The van der Waals surface area contributed by atoms with Crippen molar-refractivity contribution in [2.75, 3.05) is 26.3 Å². The molecule has 22 heavy (non-hydrogen) atoms. The molecule has 1 fully saturated rings. The van der Waals surface area contributed by atoms with E-state index in [-0.39, 0.29) is 11.3 Å². The Kier molecular flexibility index (Phi) is 5.87. The molecule has 1 saturated heterocycles. The first-order valence-corrected chi connectivity index (χ1v) is 8.40. The fourth-order valence-electron chi connectivity index (χ4n) is 2.74. The summed E-state index contributed by atoms with van der Waals surface area (Å²) >= 11 is 6.39. The fourth-order valence-corrected chi connectivity index (χ4v) is 3.22. The molecule has 0 saturated carbocycles. The number of carbonyl (C=O) groups is 1. The largest absolute Gasteiger partial charge is 0.378 e. The lowest BCUT2D eigenvalue weighted by molar-refractivity contribution is -0.135. The maximum absolute atomic E-state index is 12.1. The Morgan fingerprint density at radius 2 is 1.95 bits per heavy atom. The van der Waals surface area contributed by atoms with Crippen molar-refractivity contribution in [3.05, 3.63) is 34.3 Å². The Hall–Kier alpha value is -1.06. The molecule has 0 aliphatic carbocycles. The summed E-state index contributed by atoms with van der Waals surface area (Å²) in [7, 11) is 0. The van der Waals surface area contributed by atoms with Crippen molar-refractivity contribution in [3.8, 4) is 0 Å². The highest BCUT2D eigenvalue weighted by molar-refractivity contribution is 6.31. The van der Waals surface area contributed by atoms with Crippen LogP contribution in [-0.2, 0) is 21.4 Å². The van der Waals surface area contributed by atoms with Crippen LogP contribution in [-0.4, -0.2) is 37.1 Å². The van der Waals surface area contributed by atoms with Gasteiger partial charge in [0.05, 0.1) is 13.2 Å². The molecule has 0 aromatic heterocycles. The van der Waals surface area contributed by atoms with Gasteiger partial charge in [0.25, 0.3) is 0 Å². The zero-order valence-electron chi connectivity index (χ0n) is 13.8. The number of benzene rings is 1. The summed E-state index contributed by atoms with van der Waals surface area (Å²) in [6.07, 6.45) is 2.35. The highest BCUT2D eigenvalue weighted by Crippen LogP contribution is 2.30. The zero-order chi connectivity index (χ0) is 16.2. The van der Waals surface area contributed by atoms with Gasteiger partial charge in [-0.3, -0.25) is 4.79 Å². The van der Waals surface area contributed by atoms with Crippen LogP contribution in [0.2, 0.25) is 5.02 Å². The summed E-state index contributed by atoms with van der Waals surface area (Å²) in [5.41, 5.74) is 2.43. The predicted molar refractivity (Wildman–Crippen MR) is 90.5 cm³/mol. The third-order valence-corrected chi connectivity index (χ3v) is 4.37. The summed E-state index contributed by atoms with van der Waals surface area (Å²) < 4.78 is 5.27. The molecule has 1 aliphatic rings. The first-order chi connectivity index (χ1) is 10.4. The third kappa shape index (κ3) is 4.72. The summed E-state index contributed by atoms with van der Waals surface area (Å²) in [6, 6.07) is 6.29. The zero-order valence-corrected chi connectivity index (χ0v) is 14.6. The van der Waals surface area contributed by atoms with Crippen molar-refractivity contribution in [3.63, 3.8) is 0 Å². The van der Waals surface area contributed by atoms with Crippen LogP contribution in [0.4, 0.5) is 0 Å². The molecule has 4 heteroatoms. The maximum atomic E-state index is 12.1. The van der Waals surface area contributed by atoms with Gasteiger partial charge < -0.3 is 9.64 Å². The highest BCUT2D eigenvalue weighted by atomic mass is 35.5. The second kappa shape index (κ2) is 7.47. The van der Waals surface area contributed by atoms with Crippen molar-refractivity contribution in [1.82, 2.24) is 4.90 Å². The number of hydrogen-bond acceptors (Lipinski definition) is 2. The van der Waals surface area contributed by atoms with Crippen LogP contribution < -0.4 is 0 Å². The first kappa shape index (κ1) is 17.3. The normalized spacial score (nSPS) is 15.9. The van der Waals surface area contributed by atoms with E-state index < -0.39 is 0 Å². The number of aryl methyl sites for hydroxylation is 1. The number of nitrogens with zero attached hydrogens (tertiary/aromatic N) is 1. The lowest BCUT2D eigenvalue weighted by Crippen LogP contribution is -2.40. The van der Waals surface area contributed by atoms with E-state index in [4.69, 9.17) is 16.3 Å².